The summed E-state index contributed by atoms with van der Waals surface area (Å²) in [7, 11) is 0. The molecule has 0 aliphatic carbocycles. The van der Waals surface area contributed by atoms with E-state index in [1.165, 1.54) is 0 Å². The van der Waals surface area contributed by atoms with Crippen LogP contribution in [0.4, 0.5) is 0 Å². The maximum absolute atomic E-state index is 9.47. The highest BCUT2D eigenvalue weighted by Crippen LogP contribution is 2.16. The van der Waals surface area contributed by atoms with Crippen LogP contribution < -0.4 is 4.74 Å². The lowest BCUT2D eigenvalue weighted by Gasteiger charge is -2.18. The number of aromatic nitrogens is 1. The first kappa shape index (κ1) is 11.0. The topological polar surface area (TPSA) is 42.4 Å². The van der Waals surface area contributed by atoms with Gasteiger partial charge in [-0.05, 0) is 39.3 Å². The van der Waals surface area contributed by atoms with Crippen molar-refractivity contribution in [3.05, 3.63) is 23.4 Å². The second-order valence-electron chi connectivity index (χ2n) is 4.24. The Kier molecular flexibility index (Phi) is 3.11. The number of ether oxygens (including phenoxy) is 1. The van der Waals surface area contributed by atoms with E-state index in [0.717, 1.165) is 11.1 Å². The van der Waals surface area contributed by atoms with Crippen molar-refractivity contribution in [2.75, 3.05) is 6.61 Å². The van der Waals surface area contributed by atoms with Crippen LogP contribution in [0.2, 0.25) is 0 Å². The SMILES string of the molecule is Cc1cnc(OCC(C)(C)O)c(C)c1. The first-order valence-corrected chi connectivity index (χ1v) is 4.67. The van der Waals surface area contributed by atoms with Crippen LogP contribution in [0, 0.1) is 13.8 Å². The van der Waals surface area contributed by atoms with Crippen LogP contribution in [0.15, 0.2) is 12.3 Å². The Morgan fingerprint density at radius 3 is 2.57 bits per heavy atom. The van der Waals surface area contributed by atoms with Gasteiger partial charge in [-0.15, -0.1) is 0 Å². The fourth-order valence-corrected chi connectivity index (χ4v) is 1.10. The lowest BCUT2D eigenvalue weighted by molar-refractivity contribution is 0.0266. The number of aliphatic hydroxyl groups is 1. The standard InChI is InChI=1S/C11H17NO2/c1-8-5-9(2)10(12-6-8)14-7-11(3,4)13/h5-6,13H,7H2,1-4H3. The molecule has 78 valence electrons. The molecule has 1 heterocycles. The van der Waals surface area contributed by atoms with Gasteiger partial charge in [-0.3, -0.25) is 0 Å². The largest absolute Gasteiger partial charge is 0.474 e. The van der Waals surface area contributed by atoms with E-state index in [9.17, 15) is 5.11 Å². The summed E-state index contributed by atoms with van der Waals surface area (Å²) in [5.74, 6) is 0.595. The number of aryl methyl sites for hydroxylation is 2. The summed E-state index contributed by atoms with van der Waals surface area (Å²) < 4.78 is 5.40. The van der Waals surface area contributed by atoms with Crippen molar-refractivity contribution in [3.8, 4) is 5.88 Å². The molecular formula is C11H17NO2. The van der Waals surface area contributed by atoms with Gasteiger partial charge in [-0.1, -0.05) is 0 Å². The summed E-state index contributed by atoms with van der Waals surface area (Å²) in [6.07, 6.45) is 1.76. The summed E-state index contributed by atoms with van der Waals surface area (Å²) in [5, 5.41) is 9.47. The lowest BCUT2D eigenvalue weighted by Crippen LogP contribution is -2.28. The summed E-state index contributed by atoms with van der Waals surface area (Å²) in [5.41, 5.74) is 1.28. The Morgan fingerprint density at radius 2 is 2.07 bits per heavy atom. The van der Waals surface area contributed by atoms with E-state index >= 15 is 0 Å². The van der Waals surface area contributed by atoms with Gasteiger partial charge in [0.05, 0.1) is 5.60 Å². The third kappa shape index (κ3) is 3.34. The molecule has 0 aliphatic heterocycles. The average Bonchev–Trinajstić information content (AvgIpc) is 2.00. The summed E-state index contributed by atoms with van der Waals surface area (Å²) in [6.45, 7) is 7.59. The fourth-order valence-electron chi connectivity index (χ4n) is 1.10. The maximum Gasteiger partial charge on any atom is 0.216 e. The molecule has 0 radical (unpaired) electrons. The quantitative estimate of drug-likeness (QED) is 0.800. The average molecular weight is 195 g/mol. The molecule has 1 N–H and O–H groups in total. The fraction of sp³-hybridized carbons (Fsp3) is 0.545. The summed E-state index contributed by atoms with van der Waals surface area (Å²) in [6, 6.07) is 2.01. The second kappa shape index (κ2) is 3.96. The molecule has 0 saturated heterocycles. The molecule has 0 saturated carbocycles. The van der Waals surface area contributed by atoms with Gasteiger partial charge in [-0.2, -0.15) is 0 Å². The Bertz CT molecular complexity index is 316. The van der Waals surface area contributed by atoms with Crippen LogP contribution in [-0.2, 0) is 0 Å². The maximum atomic E-state index is 9.47. The molecule has 3 nitrogen and oxygen atoms in total. The zero-order valence-electron chi connectivity index (χ0n) is 9.16. The summed E-state index contributed by atoms with van der Waals surface area (Å²) >= 11 is 0. The molecule has 0 unspecified atom stereocenters. The first-order chi connectivity index (χ1) is 6.38. The molecule has 0 aromatic carbocycles. The molecule has 0 bridgehead atoms. The minimum atomic E-state index is -0.820. The Labute approximate surface area is 84.7 Å². The smallest absolute Gasteiger partial charge is 0.216 e. The zero-order valence-corrected chi connectivity index (χ0v) is 9.16. The molecule has 1 aromatic rings. The number of rotatable bonds is 3. The Morgan fingerprint density at radius 1 is 1.43 bits per heavy atom. The highest BCUT2D eigenvalue weighted by atomic mass is 16.5. The van der Waals surface area contributed by atoms with E-state index < -0.39 is 5.60 Å². The molecule has 3 heteroatoms. The van der Waals surface area contributed by atoms with Gasteiger partial charge >= 0.3 is 0 Å². The van der Waals surface area contributed by atoms with Crippen LogP contribution in [0.5, 0.6) is 5.88 Å². The monoisotopic (exact) mass is 195 g/mol. The van der Waals surface area contributed by atoms with Crippen molar-refractivity contribution in [2.45, 2.75) is 33.3 Å². The van der Waals surface area contributed by atoms with Gasteiger partial charge in [0.2, 0.25) is 5.88 Å². The van der Waals surface area contributed by atoms with Crippen LogP contribution in [0.3, 0.4) is 0 Å². The third-order valence-corrected chi connectivity index (χ3v) is 1.73. The number of hydrogen-bond donors (Lipinski definition) is 1. The van der Waals surface area contributed by atoms with Crippen molar-refractivity contribution >= 4 is 0 Å². The van der Waals surface area contributed by atoms with E-state index in [4.69, 9.17) is 4.74 Å². The Hall–Kier alpha value is -1.09. The van der Waals surface area contributed by atoms with Gasteiger partial charge < -0.3 is 9.84 Å². The number of hydrogen-bond acceptors (Lipinski definition) is 3. The van der Waals surface area contributed by atoms with Gasteiger partial charge in [0, 0.05) is 11.8 Å². The van der Waals surface area contributed by atoms with Crippen molar-refractivity contribution in [3.63, 3.8) is 0 Å². The third-order valence-electron chi connectivity index (χ3n) is 1.73. The molecule has 14 heavy (non-hydrogen) atoms. The molecule has 0 aliphatic rings. The van der Waals surface area contributed by atoms with Crippen LogP contribution >= 0.6 is 0 Å². The van der Waals surface area contributed by atoms with Gasteiger partial charge in [0.15, 0.2) is 0 Å². The van der Waals surface area contributed by atoms with Crippen LogP contribution in [0.1, 0.15) is 25.0 Å². The number of pyridine rings is 1. The molecule has 0 amide bonds. The minimum absolute atomic E-state index is 0.254. The molecule has 0 spiro atoms. The van der Waals surface area contributed by atoms with E-state index in [-0.39, 0.29) is 6.61 Å². The van der Waals surface area contributed by atoms with E-state index in [1.807, 2.05) is 19.9 Å². The highest BCUT2D eigenvalue weighted by molar-refractivity contribution is 5.27. The second-order valence-corrected chi connectivity index (χ2v) is 4.24. The molecule has 0 fully saturated rings. The van der Waals surface area contributed by atoms with E-state index in [1.54, 1.807) is 20.0 Å². The van der Waals surface area contributed by atoms with Gasteiger partial charge in [-0.25, -0.2) is 4.98 Å². The predicted molar refractivity (Wildman–Crippen MR) is 55.5 cm³/mol. The van der Waals surface area contributed by atoms with Crippen molar-refractivity contribution in [1.82, 2.24) is 4.98 Å². The van der Waals surface area contributed by atoms with Crippen molar-refractivity contribution < 1.29 is 9.84 Å². The normalized spacial score (nSPS) is 11.5. The number of nitrogens with zero attached hydrogens (tertiary/aromatic N) is 1. The van der Waals surface area contributed by atoms with Gasteiger partial charge in [0.1, 0.15) is 6.61 Å². The molecule has 1 rings (SSSR count). The first-order valence-electron chi connectivity index (χ1n) is 4.67. The van der Waals surface area contributed by atoms with Crippen molar-refractivity contribution in [2.24, 2.45) is 0 Å². The molecule has 1 aromatic heterocycles. The van der Waals surface area contributed by atoms with Crippen LogP contribution in [0.25, 0.3) is 0 Å². The predicted octanol–water partition coefficient (Wildman–Crippen LogP) is 1.85. The summed E-state index contributed by atoms with van der Waals surface area (Å²) in [4.78, 5) is 4.15. The van der Waals surface area contributed by atoms with E-state index in [0.29, 0.717) is 5.88 Å². The molecular weight excluding hydrogens is 178 g/mol. The zero-order chi connectivity index (χ0) is 10.8. The van der Waals surface area contributed by atoms with Gasteiger partial charge in [0.25, 0.3) is 0 Å². The Balaban J connectivity index is 2.68. The van der Waals surface area contributed by atoms with Crippen molar-refractivity contribution in [1.29, 1.82) is 0 Å². The lowest BCUT2D eigenvalue weighted by atomic mass is 10.2. The molecule has 0 atom stereocenters. The van der Waals surface area contributed by atoms with E-state index in [2.05, 4.69) is 4.98 Å². The highest BCUT2D eigenvalue weighted by Gasteiger charge is 2.14. The minimum Gasteiger partial charge on any atom is -0.474 e. The van der Waals surface area contributed by atoms with Crippen LogP contribution in [-0.4, -0.2) is 22.3 Å².